The first kappa shape index (κ1) is 19.1. The number of nitrogens with one attached hydrogen (secondary N) is 1. The second-order valence-corrected chi connectivity index (χ2v) is 7.90. The number of guanidine groups is 1. The van der Waals surface area contributed by atoms with Crippen LogP contribution >= 0.6 is 0 Å². The Kier molecular flexibility index (Phi) is 5.59. The largest absolute Gasteiger partial charge is 0.493 e. The van der Waals surface area contributed by atoms with E-state index in [2.05, 4.69) is 41.5 Å². The van der Waals surface area contributed by atoms with Crippen LogP contribution in [0.2, 0.25) is 0 Å². The lowest BCUT2D eigenvalue weighted by atomic mass is 10.0. The van der Waals surface area contributed by atoms with Crippen molar-refractivity contribution in [3.05, 3.63) is 59.2 Å². The molecule has 0 radical (unpaired) electrons. The Hall–Kier alpha value is -2.69. The fourth-order valence-electron chi connectivity index (χ4n) is 3.10. The van der Waals surface area contributed by atoms with Crippen molar-refractivity contribution in [1.82, 2.24) is 5.32 Å². The average Bonchev–Trinajstić information content (AvgIpc) is 2.60. The van der Waals surface area contributed by atoms with Crippen molar-refractivity contribution in [3.8, 4) is 11.5 Å². The van der Waals surface area contributed by atoms with Gasteiger partial charge < -0.3 is 20.5 Å². The van der Waals surface area contributed by atoms with Gasteiger partial charge in [-0.3, -0.25) is 0 Å². The molecule has 3 rings (SSSR count). The third kappa shape index (κ3) is 5.16. The fraction of sp³-hybridized carbons (Fsp3) is 0.409. The van der Waals surface area contributed by atoms with Crippen molar-refractivity contribution >= 4 is 5.96 Å². The quantitative estimate of drug-likeness (QED) is 0.630. The first-order valence-electron chi connectivity index (χ1n) is 9.38. The summed E-state index contributed by atoms with van der Waals surface area (Å²) in [4.78, 5) is 4.54. The van der Waals surface area contributed by atoms with Crippen LogP contribution in [0.1, 0.15) is 49.9 Å². The van der Waals surface area contributed by atoms with E-state index in [0.29, 0.717) is 19.1 Å². The number of hydrogen-bond donors (Lipinski definition) is 2. The van der Waals surface area contributed by atoms with Gasteiger partial charge in [-0.1, -0.05) is 30.3 Å². The Labute approximate surface area is 161 Å². The van der Waals surface area contributed by atoms with E-state index in [0.717, 1.165) is 34.6 Å². The third-order valence-electron chi connectivity index (χ3n) is 4.34. The Balaban J connectivity index is 1.72. The van der Waals surface area contributed by atoms with Gasteiger partial charge in [-0.15, -0.1) is 0 Å². The molecule has 5 nitrogen and oxygen atoms in total. The zero-order chi connectivity index (χ0) is 19.4. The van der Waals surface area contributed by atoms with E-state index >= 15 is 0 Å². The molecule has 2 aromatic carbocycles. The van der Waals surface area contributed by atoms with Crippen LogP contribution in [0.3, 0.4) is 0 Å². The fourth-order valence-corrected chi connectivity index (χ4v) is 3.10. The molecule has 0 aliphatic carbocycles. The molecule has 5 heteroatoms. The highest BCUT2D eigenvalue weighted by Crippen LogP contribution is 2.31. The van der Waals surface area contributed by atoms with Crippen molar-refractivity contribution in [2.45, 2.75) is 52.3 Å². The number of nitrogens with two attached hydrogens (primary N) is 1. The first-order chi connectivity index (χ1) is 12.8. The molecule has 3 N–H and O–H groups in total. The molecule has 1 aliphatic rings. The second kappa shape index (κ2) is 7.91. The third-order valence-corrected chi connectivity index (χ3v) is 4.34. The van der Waals surface area contributed by atoms with Crippen LogP contribution in [0.4, 0.5) is 0 Å². The molecule has 0 amide bonds. The van der Waals surface area contributed by atoms with Crippen molar-refractivity contribution in [2.75, 3.05) is 6.61 Å². The van der Waals surface area contributed by atoms with Crippen LogP contribution < -0.4 is 20.5 Å². The summed E-state index contributed by atoms with van der Waals surface area (Å²) >= 11 is 0. The number of aryl methyl sites for hydroxylation is 1. The molecule has 1 aliphatic heterocycles. The predicted octanol–water partition coefficient (Wildman–Crippen LogP) is 4.10. The van der Waals surface area contributed by atoms with Crippen LogP contribution in [0.25, 0.3) is 0 Å². The van der Waals surface area contributed by atoms with Gasteiger partial charge in [0.2, 0.25) is 0 Å². The Morgan fingerprint density at radius 1 is 1.26 bits per heavy atom. The van der Waals surface area contributed by atoms with Gasteiger partial charge in [-0.25, -0.2) is 4.99 Å². The Morgan fingerprint density at radius 2 is 2.04 bits per heavy atom. The molecular formula is C22H29N3O2. The lowest BCUT2D eigenvalue weighted by Gasteiger charge is -2.27. The highest BCUT2D eigenvalue weighted by molar-refractivity contribution is 5.78. The first-order valence-corrected chi connectivity index (χ1v) is 9.38. The molecule has 0 bridgehead atoms. The highest BCUT2D eigenvalue weighted by Gasteiger charge is 2.21. The minimum Gasteiger partial charge on any atom is -0.493 e. The summed E-state index contributed by atoms with van der Waals surface area (Å²) in [7, 11) is 0. The van der Waals surface area contributed by atoms with E-state index in [1.54, 1.807) is 0 Å². The maximum atomic E-state index is 6.17. The molecule has 0 aromatic heterocycles. The molecule has 0 saturated carbocycles. The highest BCUT2D eigenvalue weighted by atomic mass is 16.5. The minimum absolute atomic E-state index is 0.113. The van der Waals surface area contributed by atoms with Crippen molar-refractivity contribution < 1.29 is 9.47 Å². The van der Waals surface area contributed by atoms with Gasteiger partial charge in [-0.05, 0) is 45.4 Å². The molecule has 1 heterocycles. The molecule has 27 heavy (non-hydrogen) atoms. The van der Waals surface area contributed by atoms with Crippen LogP contribution in [-0.2, 0) is 6.54 Å². The van der Waals surface area contributed by atoms with E-state index in [1.807, 2.05) is 39.0 Å². The van der Waals surface area contributed by atoms with E-state index in [-0.39, 0.29) is 11.6 Å². The molecule has 0 saturated heterocycles. The van der Waals surface area contributed by atoms with Gasteiger partial charge in [0.25, 0.3) is 0 Å². The summed E-state index contributed by atoms with van der Waals surface area (Å²) in [5.74, 6) is 2.20. The number of aliphatic imine (C=N–C) groups is 1. The number of nitrogens with zero attached hydrogens (tertiary/aromatic N) is 1. The number of rotatable bonds is 4. The number of hydrogen-bond acceptors (Lipinski definition) is 3. The maximum Gasteiger partial charge on any atom is 0.189 e. The molecule has 2 aromatic rings. The van der Waals surface area contributed by atoms with Gasteiger partial charge in [0.15, 0.2) is 5.96 Å². The van der Waals surface area contributed by atoms with E-state index in [1.165, 1.54) is 0 Å². The molecule has 144 valence electrons. The summed E-state index contributed by atoms with van der Waals surface area (Å²) in [5.41, 5.74) is 9.21. The summed E-state index contributed by atoms with van der Waals surface area (Å²) in [5, 5.41) is 3.33. The molecular weight excluding hydrogens is 338 g/mol. The van der Waals surface area contributed by atoms with E-state index < -0.39 is 0 Å². The summed E-state index contributed by atoms with van der Waals surface area (Å²) < 4.78 is 11.8. The van der Waals surface area contributed by atoms with Crippen LogP contribution in [0.15, 0.2) is 47.5 Å². The van der Waals surface area contributed by atoms with Gasteiger partial charge >= 0.3 is 0 Å². The van der Waals surface area contributed by atoms with Crippen LogP contribution in [-0.4, -0.2) is 18.2 Å². The zero-order valence-electron chi connectivity index (χ0n) is 16.6. The molecule has 1 unspecified atom stereocenters. The topological polar surface area (TPSA) is 68.9 Å². The van der Waals surface area contributed by atoms with Gasteiger partial charge in [0.1, 0.15) is 17.1 Å². The van der Waals surface area contributed by atoms with E-state index in [4.69, 9.17) is 15.2 Å². The average molecular weight is 367 g/mol. The van der Waals surface area contributed by atoms with Gasteiger partial charge in [0.05, 0.1) is 19.2 Å². The van der Waals surface area contributed by atoms with Gasteiger partial charge in [-0.2, -0.15) is 0 Å². The Morgan fingerprint density at radius 3 is 2.81 bits per heavy atom. The molecule has 0 spiro atoms. The van der Waals surface area contributed by atoms with Crippen molar-refractivity contribution in [1.29, 1.82) is 0 Å². The van der Waals surface area contributed by atoms with Crippen LogP contribution in [0.5, 0.6) is 11.5 Å². The zero-order valence-corrected chi connectivity index (χ0v) is 16.6. The lowest BCUT2D eigenvalue weighted by molar-refractivity contribution is 0.129. The normalized spacial score (nSPS) is 17.0. The smallest absolute Gasteiger partial charge is 0.189 e. The van der Waals surface area contributed by atoms with Gasteiger partial charge in [0, 0.05) is 17.5 Å². The SMILES string of the molecule is Cc1ccc(CN=C(N)NC2CCOc3ccccc32)c(OC(C)(C)C)c1. The molecule has 1 atom stereocenters. The number of para-hydroxylation sites is 1. The summed E-state index contributed by atoms with van der Waals surface area (Å²) in [6, 6.07) is 14.3. The van der Waals surface area contributed by atoms with Crippen LogP contribution in [0, 0.1) is 6.92 Å². The van der Waals surface area contributed by atoms with E-state index in [9.17, 15) is 0 Å². The summed E-state index contributed by atoms with van der Waals surface area (Å²) in [6.07, 6.45) is 0.857. The summed E-state index contributed by atoms with van der Waals surface area (Å²) in [6.45, 7) is 9.32. The second-order valence-electron chi connectivity index (χ2n) is 7.90. The lowest BCUT2D eigenvalue weighted by Crippen LogP contribution is -2.37. The molecule has 0 fully saturated rings. The minimum atomic E-state index is -0.262. The Bertz CT molecular complexity index is 825. The standard InChI is InChI=1S/C22H29N3O2/c1-15-9-10-16(20(13-15)27-22(2,3)4)14-24-21(23)25-18-11-12-26-19-8-6-5-7-17(18)19/h5-10,13,18H,11-12,14H2,1-4H3,(H3,23,24,25). The monoisotopic (exact) mass is 367 g/mol. The van der Waals surface area contributed by atoms with Crippen molar-refractivity contribution in [2.24, 2.45) is 10.7 Å². The number of fused-ring (bicyclic) bond motifs is 1. The number of benzene rings is 2. The maximum absolute atomic E-state index is 6.17. The predicted molar refractivity (Wildman–Crippen MR) is 109 cm³/mol. The van der Waals surface area contributed by atoms with Crippen molar-refractivity contribution in [3.63, 3.8) is 0 Å². The number of ether oxygens (including phenoxy) is 2.